The number of guanidine groups is 1. The van der Waals surface area contributed by atoms with Crippen LogP contribution in [0.1, 0.15) is 31.2 Å². The summed E-state index contributed by atoms with van der Waals surface area (Å²) >= 11 is 6.20. The lowest BCUT2D eigenvalue weighted by molar-refractivity contribution is 0.0625. The second-order valence-electron chi connectivity index (χ2n) is 6.43. The maximum Gasteiger partial charge on any atom is 0.193 e. The second kappa shape index (κ2) is 10.6. The largest absolute Gasteiger partial charge is 0.381 e. The number of aryl methyl sites for hydroxylation is 1. The summed E-state index contributed by atoms with van der Waals surface area (Å²) in [6.45, 7) is 3.78. The van der Waals surface area contributed by atoms with Crippen LogP contribution in [0.2, 0.25) is 5.02 Å². The van der Waals surface area contributed by atoms with Crippen LogP contribution < -0.4 is 5.32 Å². The van der Waals surface area contributed by atoms with Crippen LogP contribution in [0.5, 0.6) is 0 Å². The molecule has 0 saturated carbocycles. The molecular weight excluding hydrogens is 322 g/mol. The van der Waals surface area contributed by atoms with Crippen molar-refractivity contribution >= 4 is 17.6 Å². The van der Waals surface area contributed by atoms with E-state index >= 15 is 0 Å². The van der Waals surface area contributed by atoms with E-state index in [0.29, 0.717) is 0 Å². The van der Waals surface area contributed by atoms with Gasteiger partial charge in [0.15, 0.2) is 5.96 Å². The topological polar surface area (TPSA) is 36.9 Å². The third-order valence-electron chi connectivity index (χ3n) is 4.65. The van der Waals surface area contributed by atoms with Gasteiger partial charge in [-0.25, -0.2) is 0 Å². The lowest BCUT2D eigenvalue weighted by Gasteiger charge is -2.26. The zero-order chi connectivity index (χ0) is 17.2. The Morgan fingerprint density at radius 1 is 1.33 bits per heavy atom. The standard InChI is InChI=1S/C19H30ClN3O/c1-21-19(23(2)13-9-16-10-14-24-15-11-16)22-12-5-7-17-6-3-4-8-18(17)20/h3-4,6,8,16H,5,7,9-15H2,1-2H3,(H,21,22). The number of aliphatic imine (C=N–C) groups is 1. The minimum atomic E-state index is 0.791. The Hall–Kier alpha value is -1.26. The molecule has 5 heteroatoms. The second-order valence-corrected chi connectivity index (χ2v) is 6.84. The predicted octanol–water partition coefficient (Wildman–Crippen LogP) is 3.60. The molecular formula is C19H30ClN3O. The van der Waals surface area contributed by atoms with Gasteiger partial charge in [-0.1, -0.05) is 29.8 Å². The summed E-state index contributed by atoms with van der Waals surface area (Å²) in [5, 5.41) is 4.31. The molecule has 0 amide bonds. The fourth-order valence-corrected chi connectivity index (χ4v) is 3.31. The van der Waals surface area contributed by atoms with Crippen molar-refractivity contribution in [2.24, 2.45) is 10.9 Å². The highest BCUT2D eigenvalue weighted by atomic mass is 35.5. The van der Waals surface area contributed by atoms with Crippen molar-refractivity contribution < 1.29 is 4.74 Å². The van der Waals surface area contributed by atoms with Gasteiger partial charge in [0.05, 0.1) is 0 Å². The SMILES string of the molecule is CN=C(NCCCc1ccccc1Cl)N(C)CCC1CCOCC1. The Labute approximate surface area is 151 Å². The molecule has 1 N–H and O–H groups in total. The summed E-state index contributed by atoms with van der Waals surface area (Å²) in [7, 11) is 3.96. The molecule has 0 spiro atoms. The summed E-state index contributed by atoms with van der Waals surface area (Å²) in [6, 6.07) is 8.06. The van der Waals surface area contributed by atoms with Crippen molar-refractivity contribution in [3.8, 4) is 0 Å². The van der Waals surface area contributed by atoms with Gasteiger partial charge in [-0.05, 0) is 49.7 Å². The van der Waals surface area contributed by atoms with Crippen LogP contribution in [0.25, 0.3) is 0 Å². The molecule has 1 aliphatic rings. The molecule has 1 saturated heterocycles. The highest BCUT2D eigenvalue weighted by Gasteiger charge is 2.15. The maximum atomic E-state index is 6.20. The maximum absolute atomic E-state index is 6.20. The smallest absolute Gasteiger partial charge is 0.193 e. The van der Waals surface area contributed by atoms with Gasteiger partial charge < -0.3 is 15.0 Å². The number of nitrogens with zero attached hydrogens (tertiary/aromatic N) is 2. The lowest BCUT2D eigenvalue weighted by Crippen LogP contribution is -2.40. The summed E-state index contributed by atoms with van der Waals surface area (Å²) in [4.78, 5) is 6.62. The minimum Gasteiger partial charge on any atom is -0.381 e. The molecule has 2 rings (SSSR count). The first kappa shape index (κ1) is 19.1. The van der Waals surface area contributed by atoms with E-state index in [9.17, 15) is 0 Å². The van der Waals surface area contributed by atoms with Crippen molar-refractivity contribution in [3.63, 3.8) is 0 Å². The van der Waals surface area contributed by atoms with Crippen LogP contribution in [0.4, 0.5) is 0 Å². The molecule has 1 aromatic rings. The van der Waals surface area contributed by atoms with E-state index in [4.69, 9.17) is 16.3 Å². The summed E-state index contributed by atoms with van der Waals surface area (Å²) in [5.74, 6) is 1.76. The van der Waals surface area contributed by atoms with Gasteiger partial charge in [-0.3, -0.25) is 4.99 Å². The summed E-state index contributed by atoms with van der Waals surface area (Å²) < 4.78 is 5.43. The Bertz CT molecular complexity index is 515. The number of hydrogen-bond acceptors (Lipinski definition) is 2. The molecule has 0 unspecified atom stereocenters. The van der Waals surface area contributed by atoms with Crippen molar-refractivity contribution in [1.82, 2.24) is 10.2 Å². The average Bonchev–Trinajstić information content (AvgIpc) is 2.62. The molecule has 24 heavy (non-hydrogen) atoms. The highest BCUT2D eigenvalue weighted by Crippen LogP contribution is 2.18. The molecule has 1 aliphatic heterocycles. The van der Waals surface area contributed by atoms with E-state index in [-0.39, 0.29) is 0 Å². The molecule has 0 radical (unpaired) electrons. The molecule has 0 aromatic heterocycles. The van der Waals surface area contributed by atoms with Gasteiger partial charge in [-0.15, -0.1) is 0 Å². The van der Waals surface area contributed by atoms with Crippen LogP contribution in [0.15, 0.2) is 29.3 Å². The number of halogens is 1. The Morgan fingerprint density at radius 2 is 2.08 bits per heavy atom. The first-order valence-corrected chi connectivity index (χ1v) is 9.31. The molecule has 0 bridgehead atoms. The molecule has 0 atom stereocenters. The van der Waals surface area contributed by atoms with E-state index in [1.807, 2.05) is 25.2 Å². The molecule has 0 aliphatic carbocycles. The normalized spacial score (nSPS) is 16.2. The summed E-state index contributed by atoms with van der Waals surface area (Å²) in [5.41, 5.74) is 1.21. The van der Waals surface area contributed by atoms with E-state index < -0.39 is 0 Å². The van der Waals surface area contributed by atoms with Crippen LogP contribution in [0.3, 0.4) is 0 Å². The average molecular weight is 352 g/mol. The van der Waals surface area contributed by atoms with Gasteiger partial charge in [0, 0.05) is 45.4 Å². The minimum absolute atomic E-state index is 0.791. The van der Waals surface area contributed by atoms with Gasteiger partial charge in [0.1, 0.15) is 0 Å². The van der Waals surface area contributed by atoms with Crippen LogP contribution >= 0.6 is 11.6 Å². The Balaban J connectivity index is 1.66. The monoisotopic (exact) mass is 351 g/mol. The zero-order valence-corrected chi connectivity index (χ0v) is 15.7. The molecule has 134 valence electrons. The lowest BCUT2D eigenvalue weighted by atomic mass is 9.96. The fraction of sp³-hybridized carbons (Fsp3) is 0.632. The zero-order valence-electron chi connectivity index (χ0n) is 14.9. The Kier molecular flexibility index (Phi) is 8.40. The van der Waals surface area contributed by atoms with E-state index in [1.54, 1.807) is 0 Å². The molecule has 1 aromatic carbocycles. The number of ether oxygens (including phenoxy) is 1. The summed E-state index contributed by atoms with van der Waals surface area (Å²) in [6.07, 6.45) is 5.61. The van der Waals surface area contributed by atoms with Crippen molar-refractivity contribution in [2.75, 3.05) is 40.4 Å². The molecule has 1 fully saturated rings. The van der Waals surface area contributed by atoms with Gasteiger partial charge in [0.2, 0.25) is 0 Å². The number of hydrogen-bond donors (Lipinski definition) is 1. The first-order chi connectivity index (χ1) is 11.7. The molecule has 1 heterocycles. The van der Waals surface area contributed by atoms with E-state index in [0.717, 1.165) is 56.0 Å². The van der Waals surface area contributed by atoms with Crippen molar-refractivity contribution in [3.05, 3.63) is 34.9 Å². The van der Waals surface area contributed by atoms with Crippen LogP contribution in [-0.4, -0.2) is 51.3 Å². The van der Waals surface area contributed by atoms with Gasteiger partial charge >= 0.3 is 0 Å². The number of benzene rings is 1. The highest BCUT2D eigenvalue weighted by molar-refractivity contribution is 6.31. The number of nitrogens with one attached hydrogen (secondary N) is 1. The quantitative estimate of drug-likeness (QED) is 0.463. The van der Waals surface area contributed by atoms with Gasteiger partial charge in [0.25, 0.3) is 0 Å². The third-order valence-corrected chi connectivity index (χ3v) is 5.02. The van der Waals surface area contributed by atoms with Crippen molar-refractivity contribution in [2.45, 2.75) is 32.1 Å². The van der Waals surface area contributed by atoms with Gasteiger partial charge in [-0.2, -0.15) is 0 Å². The van der Waals surface area contributed by atoms with E-state index in [2.05, 4.69) is 28.3 Å². The predicted molar refractivity (Wildman–Crippen MR) is 102 cm³/mol. The van der Waals surface area contributed by atoms with E-state index in [1.165, 1.54) is 24.8 Å². The Morgan fingerprint density at radius 3 is 2.79 bits per heavy atom. The first-order valence-electron chi connectivity index (χ1n) is 8.93. The number of rotatable bonds is 7. The van der Waals surface area contributed by atoms with Crippen LogP contribution in [-0.2, 0) is 11.2 Å². The van der Waals surface area contributed by atoms with Crippen molar-refractivity contribution in [1.29, 1.82) is 0 Å². The van der Waals surface area contributed by atoms with Crippen LogP contribution in [0, 0.1) is 5.92 Å². The third kappa shape index (κ3) is 6.33. The fourth-order valence-electron chi connectivity index (χ4n) is 3.08. The molecule has 4 nitrogen and oxygen atoms in total.